The molecule has 0 aromatic carbocycles. The summed E-state index contributed by atoms with van der Waals surface area (Å²) in [6.45, 7) is 5.07. The average Bonchev–Trinajstić information content (AvgIpc) is 2.90. The Morgan fingerprint density at radius 2 is 2.21 bits per heavy atom. The molecule has 1 aliphatic heterocycles. The highest BCUT2D eigenvalue weighted by atomic mass is 16.3. The fourth-order valence-electron chi connectivity index (χ4n) is 2.14. The maximum atomic E-state index is 9.27. The highest BCUT2D eigenvalue weighted by molar-refractivity contribution is 4.86. The van der Waals surface area contributed by atoms with Crippen LogP contribution in [0.2, 0.25) is 0 Å². The first-order valence-corrected chi connectivity index (χ1v) is 5.91. The van der Waals surface area contributed by atoms with Gasteiger partial charge in [-0.1, -0.05) is 0 Å². The van der Waals surface area contributed by atoms with Gasteiger partial charge in [0.25, 0.3) is 0 Å². The van der Waals surface area contributed by atoms with E-state index in [4.69, 9.17) is 0 Å². The predicted octanol–water partition coefficient (Wildman–Crippen LogP) is 0.584. The lowest BCUT2D eigenvalue weighted by molar-refractivity contribution is 0.0343. The fourth-order valence-corrected chi connectivity index (χ4v) is 2.14. The van der Waals surface area contributed by atoms with Gasteiger partial charge in [-0.05, 0) is 39.2 Å². The van der Waals surface area contributed by atoms with Crippen molar-refractivity contribution in [3.63, 3.8) is 0 Å². The molecule has 2 fully saturated rings. The average molecular weight is 198 g/mol. The molecule has 0 aromatic rings. The molecule has 1 saturated carbocycles. The molecule has 0 aromatic heterocycles. The monoisotopic (exact) mass is 198 g/mol. The molecule has 1 saturated heterocycles. The Morgan fingerprint density at radius 1 is 1.43 bits per heavy atom. The van der Waals surface area contributed by atoms with Gasteiger partial charge in [0.15, 0.2) is 0 Å². The van der Waals surface area contributed by atoms with Gasteiger partial charge in [-0.25, -0.2) is 0 Å². The van der Waals surface area contributed by atoms with Gasteiger partial charge in [-0.15, -0.1) is 0 Å². The van der Waals surface area contributed by atoms with Crippen LogP contribution in [0.3, 0.4) is 0 Å². The van der Waals surface area contributed by atoms with Crippen LogP contribution in [0.5, 0.6) is 0 Å². The van der Waals surface area contributed by atoms with Crippen molar-refractivity contribution in [2.45, 2.75) is 50.8 Å². The molecule has 1 heterocycles. The van der Waals surface area contributed by atoms with Gasteiger partial charge in [-0.2, -0.15) is 0 Å². The first-order chi connectivity index (χ1) is 6.75. The molecule has 1 aliphatic carbocycles. The van der Waals surface area contributed by atoms with Crippen molar-refractivity contribution in [2.24, 2.45) is 0 Å². The van der Waals surface area contributed by atoms with Crippen LogP contribution in [0.1, 0.15) is 32.6 Å². The number of rotatable bonds is 6. The molecule has 2 atom stereocenters. The first-order valence-electron chi connectivity index (χ1n) is 5.91. The zero-order chi connectivity index (χ0) is 9.97. The number of aliphatic hydroxyl groups is 1. The second kappa shape index (κ2) is 4.60. The van der Waals surface area contributed by atoms with Crippen LogP contribution in [-0.4, -0.2) is 47.8 Å². The summed E-state index contributed by atoms with van der Waals surface area (Å²) in [4.78, 5) is 2.40. The van der Waals surface area contributed by atoms with Gasteiger partial charge in [0.1, 0.15) is 0 Å². The standard InChI is InChI=1S/C11H22N2O/c1-9(14)8-13-7-5-11(13)4-6-12-10-2-3-10/h9-12,14H,2-8H2,1H3. The van der Waals surface area contributed by atoms with Crippen molar-refractivity contribution >= 4 is 0 Å². The maximum absolute atomic E-state index is 9.27. The van der Waals surface area contributed by atoms with E-state index in [-0.39, 0.29) is 6.10 Å². The number of aliphatic hydroxyl groups excluding tert-OH is 1. The van der Waals surface area contributed by atoms with Crippen molar-refractivity contribution in [3.05, 3.63) is 0 Å². The van der Waals surface area contributed by atoms with E-state index >= 15 is 0 Å². The smallest absolute Gasteiger partial charge is 0.0639 e. The second-order valence-corrected chi connectivity index (χ2v) is 4.80. The highest BCUT2D eigenvalue weighted by Gasteiger charge is 2.28. The maximum Gasteiger partial charge on any atom is 0.0639 e. The minimum atomic E-state index is -0.172. The SMILES string of the molecule is CC(O)CN1CCC1CCNC1CC1. The predicted molar refractivity (Wildman–Crippen MR) is 57.3 cm³/mol. The van der Waals surface area contributed by atoms with Crippen molar-refractivity contribution in [3.8, 4) is 0 Å². The Morgan fingerprint density at radius 3 is 2.71 bits per heavy atom. The van der Waals surface area contributed by atoms with Crippen LogP contribution >= 0.6 is 0 Å². The minimum absolute atomic E-state index is 0.172. The van der Waals surface area contributed by atoms with Crippen LogP contribution in [0.25, 0.3) is 0 Å². The summed E-state index contributed by atoms with van der Waals surface area (Å²) >= 11 is 0. The van der Waals surface area contributed by atoms with E-state index in [1.54, 1.807) is 0 Å². The van der Waals surface area contributed by atoms with E-state index < -0.39 is 0 Å². The first kappa shape index (κ1) is 10.4. The van der Waals surface area contributed by atoms with Crippen LogP contribution < -0.4 is 5.32 Å². The molecule has 3 heteroatoms. The van der Waals surface area contributed by atoms with Gasteiger partial charge < -0.3 is 10.4 Å². The summed E-state index contributed by atoms with van der Waals surface area (Å²) in [5.74, 6) is 0. The molecular formula is C11H22N2O. The summed E-state index contributed by atoms with van der Waals surface area (Å²) in [5.41, 5.74) is 0. The molecule has 0 amide bonds. The minimum Gasteiger partial charge on any atom is -0.392 e. The summed E-state index contributed by atoms with van der Waals surface area (Å²) in [7, 11) is 0. The van der Waals surface area contributed by atoms with Crippen LogP contribution in [0.4, 0.5) is 0 Å². The molecule has 2 unspecified atom stereocenters. The Labute approximate surface area is 86.5 Å². The lowest BCUT2D eigenvalue weighted by Crippen LogP contribution is -2.51. The molecular weight excluding hydrogens is 176 g/mol. The lowest BCUT2D eigenvalue weighted by atomic mass is 9.99. The third-order valence-electron chi connectivity index (χ3n) is 3.25. The fraction of sp³-hybridized carbons (Fsp3) is 1.00. The van der Waals surface area contributed by atoms with E-state index in [0.717, 1.165) is 25.2 Å². The Balaban J connectivity index is 1.55. The van der Waals surface area contributed by atoms with Crippen molar-refractivity contribution < 1.29 is 5.11 Å². The quantitative estimate of drug-likeness (QED) is 0.655. The molecule has 0 bridgehead atoms. The Kier molecular flexibility index (Phi) is 3.42. The third-order valence-corrected chi connectivity index (χ3v) is 3.25. The summed E-state index contributed by atoms with van der Waals surface area (Å²) in [6, 6.07) is 1.57. The molecule has 14 heavy (non-hydrogen) atoms. The molecule has 2 aliphatic rings. The van der Waals surface area contributed by atoms with E-state index in [9.17, 15) is 5.11 Å². The number of β-amino-alcohol motifs (C(OH)–C–C–N with tert-alkyl or cyclic N) is 1. The van der Waals surface area contributed by atoms with Gasteiger partial charge in [0.2, 0.25) is 0 Å². The van der Waals surface area contributed by atoms with E-state index in [1.165, 1.54) is 32.2 Å². The normalized spacial score (nSPS) is 30.0. The van der Waals surface area contributed by atoms with E-state index in [1.807, 2.05) is 6.92 Å². The van der Waals surface area contributed by atoms with Gasteiger partial charge in [0.05, 0.1) is 6.10 Å². The molecule has 2 rings (SSSR count). The van der Waals surface area contributed by atoms with Crippen LogP contribution in [0.15, 0.2) is 0 Å². The van der Waals surface area contributed by atoms with Gasteiger partial charge in [-0.3, -0.25) is 4.90 Å². The van der Waals surface area contributed by atoms with Crippen LogP contribution in [-0.2, 0) is 0 Å². The summed E-state index contributed by atoms with van der Waals surface area (Å²) in [6.07, 6.45) is 5.15. The summed E-state index contributed by atoms with van der Waals surface area (Å²) < 4.78 is 0. The largest absolute Gasteiger partial charge is 0.392 e. The van der Waals surface area contributed by atoms with Crippen molar-refractivity contribution in [2.75, 3.05) is 19.6 Å². The van der Waals surface area contributed by atoms with E-state index in [2.05, 4.69) is 10.2 Å². The third kappa shape index (κ3) is 2.94. The summed E-state index contributed by atoms with van der Waals surface area (Å²) in [5, 5.41) is 12.8. The number of nitrogens with one attached hydrogen (secondary N) is 1. The van der Waals surface area contributed by atoms with Crippen LogP contribution in [0, 0.1) is 0 Å². The molecule has 2 N–H and O–H groups in total. The van der Waals surface area contributed by atoms with Gasteiger partial charge >= 0.3 is 0 Å². The number of nitrogens with zero attached hydrogens (tertiary/aromatic N) is 1. The molecule has 82 valence electrons. The van der Waals surface area contributed by atoms with Gasteiger partial charge in [0, 0.05) is 25.2 Å². The van der Waals surface area contributed by atoms with Crippen molar-refractivity contribution in [1.29, 1.82) is 0 Å². The Bertz CT molecular complexity index is 180. The molecule has 0 spiro atoms. The number of likely N-dealkylation sites (tertiary alicyclic amines) is 1. The van der Waals surface area contributed by atoms with Crippen molar-refractivity contribution in [1.82, 2.24) is 10.2 Å². The highest BCUT2D eigenvalue weighted by Crippen LogP contribution is 2.22. The number of hydrogen-bond acceptors (Lipinski definition) is 3. The zero-order valence-corrected chi connectivity index (χ0v) is 9.08. The second-order valence-electron chi connectivity index (χ2n) is 4.80. The lowest BCUT2D eigenvalue weighted by Gasteiger charge is -2.41. The molecule has 3 nitrogen and oxygen atoms in total. The van der Waals surface area contributed by atoms with E-state index in [0.29, 0.717) is 0 Å². The Hall–Kier alpha value is -0.120. The number of hydrogen-bond donors (Lipinski definition) is 2. The molecule has 0 radical (unpaired) electrons. The zero-order valence-electron chi connectivity index (χ0n) is 9.08. The topological polar surface area (TPSA) is 35.5 Å².